The topological polar surface area (TPSA) is 63.2 Å². The van der Waals surface area contributed by atoms with E-state index in [0.717, 1.165) is 12.1 Å². The van der Waals surface area contributed by atoms with Crippen molar-refractivity contribution >= 4 is 6.09 Å². The number of carbonyl (C=O) groups is 1. The Kier molecular flexibility index (Phi) is 5.95. The van der Waals surface area contributed by atoms with Gasteiger partial charge in [0.15, 0.2) is 0 Å². The molecule has 1 atom stereocenters. The normalized spacial score (nSPS) is 12.8. The summed E-state index contributed by atoms with van der Waals surface area (Å²) >= 11 is 0. The van der Waals surface area contributed by atoms with Gasteiger partial charge in [-0.3, -0.25) is 4.98 Å². The predicted octanol–water partition coefficient (Wildman–Crippen LogP) is 2.39. The predicted molar refractivity (Wildman–Crippen MR) is 79.5 cm³/mol. The number of aryl methyl sites for hydroxylation is 1. The van der Waals surface area contributed by atoms with Crippen molar-refractivity contribution in [3.8, 4) is 0 Å². The molecule has 0 aliphatic heterocycles. The third kappa shape index (κ3) is 6.52. The lowest BCUT2D eigenvalue weighted by Gasteiger charge is -2.22. The second-order valence-corrected chi connectivity index (χ2v) is 5.98. The highest BCUT2D eigenvalue weighted by atomic mass is 16.6. The SMILES string of the molecule is Cc1ccncc1CNCC(C)NC(=O)OC(C)(C)C. The second kappa shape index (κ2) is 7.24. The number of hydrogen-bond donors (Lipinski definition) is 2. The van der Waals surface area contributed by atoms with Crippen molar-refractivity contribution in [1.29, 1.82) is 0 Å². The smallest absolute Gasteiger partial charge is 0.407 e. The summed E-state index contributed by atoms with van der Waals surface area (Å²) < 4.78 is 5.20. The summed E-state index contributed by atoms with van der Waals surface area (Å²) in [5.41, 5.74) is 1.90. The molecule has 5 nitrogen and oxygen atoms in total. The highest BCUT2D eigenvalue weighted by molar-refractivity contribution is 5.68. The summed E-state index contributed by atoms with van der Waals surface area (Å²) in [6.07, 6.45) is 3.25. The van der Waals surface area contributed by atoms with Crippen LogP contribution in [-0.2, 0) is 11.3 Å². The molecule has 0 saturated carbocycles. The van der Waals surface area contributed by atoms with Gasteiger partial charge < -0.3 is 15.4 Å². The van der Waals surface area contributed by atoms with E-state index in [-0.39, 0.29) is 12.1 Å². The fraction of sp³-hybridized carbons (Fsp3) is 0.600. The molecule has 1 aromatic rings. The Morgan fingerprint density at radius 1 is 1.45 bits per heavy atom. The Bertz CT molecular complexity index is 441. The Morgan fingerprint density at radius 3 is 2.75 bits per heavy atom. The van der Waals surface area contributed by atoms with Gasteiger partial charge in [0, 0.05) is 31.5 Å². The van der Waals surface area contributed by atoms with E-state index < -0.39 is 5.60 Å². The minimum Gasteiger partial charge on any atom is -0.444 e. The van der Waals surface area contributed by atoms with Crippen molar-refractivity contribution in [3.63, 3.8) is 0 Å². The molecule has 0 fully saturated rings. The van der Waals surface area contributed by atoms with Crippen LogP contribution in [0.4, 0.5) is 4.79 Å². The molecule has 0 bridgehead atoms. The molecule has 0 aliphatic rings. The zero-order valence-electron chi connectivity index (χ0n) is 13.0. The van der Waals surface area contributed by atoms with E-state index in [1.807, 2.05) is 40.0 Å². The third-order valence-electron chi connectivity index (χ3n) is 2.68. The average molecular weight is 279 g/mol. The molecule has 1 rings (SSSR count). The van der Waals surface area contributed by atoms with Crippen LogP contribution in [0.15, 0.2) is 18.5 Å². The van der Waals surface area contributed by atoms with Gasteiger partial charge in [0.25, 0.3) is 0 Å². The van der Waals surface area contributed by atoms with E-state index in [1.54, 1.807) is 6.20 Å². The highest BCUT2D eigenvalue weighted by Crippen LogP contribution is 2.07. The number of hydrogen-bond acceptors (Lipinski definition) is 4. The van der Waals surface area contributed by atoms with E-state index in [9.17, 15) is 4.79 Å². The maximum Gasteiger partial charge on any atom is 0.407 e. The number of alkyl carbamates (subject to hydrolysis) is 1. The number of pyridine rings is 1. The van der Waals surface area contributed by atoms with Crippen LogP contribution in [0, 0.1) is 6.92 Å². The van der Waals surface area contributed by atoms with Gasteiger partial charge in [-0.25, -0.2) is 4.79 Å². The zero-order chi connectivity index (χ0) is 15.2. The number of rotatable bonds is 5. The average Bonchev–Trinajstić information content (AvgIpc) is 2.28. The summed E-state index contributed by atoms with van der Waals surface area (Å²) in [6.45, 7) is 10.9. The zero-order valence-corrected chi connectivity index (χ0v) is 13.0. The quantitative estimate of drug-likeness (QED) is 0.868. The van der Waals surface area contributed by atoms with Gasteiger partial charge in [-0.1, -0.05) is 0 Å². The Labute approximate surface area is 121 Å². The molecule has 2 N–H and O–H groups in total. The summed E-state index contributed by atoms with van der Waals surface area (Å²) in [4.78, 5) is 15.7. The number of nitrogens with one attached hydrogen (secondary N) is 2. The molecule has 1 aromatic heterocycles. The first-order valence-electron chi connectivity index (χ1n) is 6.87. The Hall–Kier alpha value is -1.62. The minimum atomic E-state index is -0.468. The highest BCUT2D eigenvalue weighted by Gasteiger charge is 2.17. The Morgan fingerprint density at radius 2 is 2.15 bits per heavy atom. The molecule has 112 valence electrons. The van der Waals surface area contributed by atoms with Crippen LogP contribution in [0.25, 0.3) is 0 Å². The first-order valence-corrected chi connectivity index (χ1v) is 6.87. The molecular formula is C15H25N3O2. The standard InChI is InChI=1S/C15H25N3O2/c1-11-6-7-16-9-13(11)10-17-8-12(2)18-14(19)20-15(3,4)5/h6-7,9,12,17H,8,10H2,1-5H3,(H,18,19). The van der Waals surface area contributed by atoms with Crippen molar-refractivity contribution in [3.05, 3.63) is 29.6 Å². The maximum atomic E-state index is 11.6. The van der Waals surface area contributed by atoms with Gasteiger partial charge in [-0.2, -0.15) is 0 Å². The fourth-order valence-electron chi connectivity index (χ4n) is 1.66. The van der Waals surface area contributed by atoms with Crippen LogP contribution in [0.1, 0.15) is 38.8 Å². The summed E-state index contributed by atoms with van der Waals surface area (Å²) in [5.74, 6) is 0. The molecule has 20 heavy (non-hydrogen) atoms. The van der Waals surface area contributed by atoms with E-state index in [4.69, 9.17) is 4.74 Å². The number of nitrogens with zero attached hydrogens (tertiary/aromatic N) is 1. The summed E-state index contributed by atoms with van der Waals surface area (Å²) in [5, 5.41) is 6.10. The summed E-state index contributed by atoms with van der Waals surface area (Å²) in [7, 11) is 0. The van der Waals surface area contributed by atoms with Gasteiger partial charge in [0.2, 0.25) is 0 Å². The minimum absolute atomic E-state index is 0.00169. The number of amides is 1. The van der Waals surface area contributed by atoms with Crippen molar-refractivity contribution in [2.75, 3.05) is 6.54 Å². The van der Waals surface area contributed by atoms with Gasteiger partial charge in [0.1, 0.15) is 5.60 Å². The first-order chi connectivity index (χ1) is 9.28. The van der Waals surface area contributed by atoms with Gasteiger partial charge in [0.05, 0.1) is 0 Å². The van der Waals surface area contributed by atoms with Crippen molar-refractivity contribution in [2.45, 2.75) is 52.8 Å². The molecule has 1 unspecified atom stereocenters. The summed E-state index contributed by atoms with van der Waals surface area (Å²) in [6, 6.07) is 1.99. The molecule has 0 aliphatic carbocycles. The maximum absolute atomic E-state index is 11.6. The van der Waals surface area contributed by atoms with E-state index in [0.29, 0.717) is 6.54 Å². The number of ether oxygens (including phenoxy) is 1. The van der Waals surface area contributed by atoms with Gasteiger partial charge >= 0.3 is 6.09 Å². The van der Waals surface area contributed by atoms with E-state index in [2.05, 4.69) is 22.5 Å². The lowest BCUT2D eigenvalue weighted by Crippen LogP contribution is -2.42. The molecular weight excluding hydrogens is 254 g/mol. The van der Waals surface area contributed by atoms with Gasteiger partial charge in [-0.05, 0) is 51.8 Å². The van der Waals surface area contributed by atoms with Crippen molar-refractivity contribution in [2.24, 2.45) is 0 Å². The lowest BCUT2D eigenvalue weighted by atomic mass is 10.1. The molecule has 0 radical (unpaired) electrons. The lowest BCUT2D eigenvalue weighted by molar-refractivity contribution is 0.0508. The third-order valence-corrected chi connectivity index (χ3v) is 2.68. The molecule has 0 saturated heterocycles. The molecule has 1 heterocycles. The van der Waals surface area contributed by atoms with Crippen molar-refractivity contribution in [1.82, 2.24) is 15.6 Å². The largest absolute Gasteiger partial charge is 0.444 e. The second-order valence-electron chi connectivity index (χ2n) is 5.98. The molecule has 1 amide bonds. The number of carbonyl (C=O) groups excluding carboxylic acids is 1. The van der Waals surface area contributed by atoms with Crippen LogP contribution in [0.2, 0.25) is 0 Å². The molecule has 0 spiro atoms. The van der Waals surface area contributed by atoms with Gasteiger partial charge in [-0.15, -0.1) is 0 Å². The molecule has 5 heteroatoms. The van der Waals surface area contributed by atoms with Crippen LogP contribution in [0.5, 0.6) is 0 Å². The van der Waals surface area contributed by atoms with Crippen LogP contribution in [0.3, 0.4) is 0 Å². The van der Waals surface area contributed by atoms with Crippen molar-refractivity contribution < 1.29 is 9.53 Å². The first kappa shape index (κ1) is 16.4. The Balaban J connectivity index is 2.28. The van der Waals surface area contributed by atoms with E-state index >= 15 is 0 Å². The fourth-order valence-corrected chi connectivity index (χ4v) is 1.66. The van der Waals surface area contributed by atoms with Crippen LogP contribution < -0.4 is 10.6 Å². The molecule has 0 aromatic carbocycles. The van der Waals surface area contributed by atoms with Crippen LogP contribution in [-0.4, -0.2) is 29.3 Å². The van der Waals surface area contributed by atoms with E-state index in [1.165, 1.54) is 5.56 Å². The monoisotopic (exact) mass is 279 g/mol. The van der Waals surface area contributed by atoms with Crippen LogP contribution >= 0.6 is 0 Å². The number of aromatic nitrogens is 1.